The summed E-state index contributed by atoms with van der Waals surface area (Å²) in [6.45, 7) is 6.83. The van der Waals surface area contributed by atoms with Crippen molar-refractivity contribution in [3.8, 4) is 0 Å². The van der Waals surface area contributed by atoms with E-state index in [1.54, 1.807) is 0 Å². The Balaban J connectivity index is 1.79. The lowest BCUT2D eigenvalue weighted by Gasteiger charge is -2.22. The zero-order valence-corrected chi connectivity index (χ0v) is 19.2. The van der Waals surface area contributed by atoms with E-state index in [0.717, 1.165) is 27.7 Å². The summed E-state index contributed by atoms with van der Waals surface area (Å²) < 4.78 is 0. The van der Waals surface area contributed by atoms with Gasteiger partial charge in [0.2, 0.25) is 11.8 Å². The number of amides is 2. The number of carbonyl (C=O) groups is 2. The van der Waals surface area contributed by atoms with E-state index >= 15 is 0 Å². The van der Waals surface area contributed by atoms with Gasteiger partial charge in [-0.05, 0) is 37.1 Å². The highest BCUT2D eigenvalue weighted by Gasteiger charge is 2.37. The minimum absolute atomic E-state index is 0.192. The molecule has 0 bridgehead atoms. The molecule has 1 aromatic heterocycles. The van der Waals surface area contributed by atoms with Crippen LogP contribution in [-0.2, 0) is 9.59 Å². The van der Waals surface area contributed by atoms with Gasteiger partial charge in [-0.25, -0.2) is 9.99 Å². The number of aromatic nitrogens is 1. The lowest BCUT2D eigenvalue weighted by molar-refractivity contribution is -0.129. The second kappa shape index (κ2) is 8.32. The number of pyridine rings is 1. The first kappa shape index (κ1) is 21.3. The number of carbonyl (C=O) groups excluding carboxylic acids is 2. The minimum Gasteiger partial charge on any atom is -0.274 e. The Morgan fingerprint density at radius 2 is 1.77 bits per heavy atom. The zero-order valence-electron chi connectivity index (χ0n) is 17.6. The molecule has 0 spiro atoms. The Hall–Kier alpha value is -2.90. The first-order valence-electron chi connectivity index (χ1n) is 9.75. The van der Waals surface area contributed by atoms with E-state index in [4.69, 9.17) is 11.6 Å². The monoisotopic (exact) mass is 452 g/mol. The van der Waals surface area contributed by atoms with Crippen molar-refractivity contribution in [2.75, 3.05) is 4.90 Å². The molecule has 0 saturated heterocycles. The number of amidine groups is 1. The highest BCUT2D eigenvalue weighted by molar-refractivity contribution is 8.14. The fourth-order valence-corrected chi connectivity index (χ4v) is 5.16. The molecule has 31 heavy (non-hydrogen) atoms. The van der Waals surface area contributed by atoms with Gasteiger partial charge < -0.3 is 0 Å². The van der Waals surface area contributed by atoms with E-state index in [1.807, 2.05) is 62.4 Å². The number of anilines is 1. The second-order valence-corrected chi connectivity index (χ2v) is 8.78. The smallest absolute Gasteiger partial charge is 0.241 e. The molecule has 158 valence electrons. The molecule has 0 aliphatic carbocycles. The molecular formula is C23H21ClN4O2S. The summed E-state index contributed by atoms with van der Waals surface area (Å²) in [7, 11) is 0. The Bertz CT molecular complexity index is 1240. The van der Waals surface area contributed by atoms with Gasteiger partial charge >= 0.3 is 0 Å². The molecule has 1 atom stereocenters. The average molecular weight is 453 g/mol. The summed E-state index contributed by atoms with van der Waals surface area (Å²) >= 11 is 7.87. The number of fused-ring (bicyclic) bond motifs is 1. The van der Waals surface area contributed by atoms with Crippen LogP contribution in [0.4, 0.5) is 5.69 Å². The van der Waals surface area contributed by atoms with Crippen LogP contribution in [0.1, 0.15) is 35.9 Å². The van der Waals surface area contributed by atoms with E-state index in [1.165, 1.54) is 35.5 Å². The fraction of sp³-hybridized carbons (Fsp3) is 0.217. The van der Waals surface area contributed by atoms with Crippen LogP contribution in [0.3, 0.4) is 0 Å². The fourth-order valence-electron chi connectivity index (χ4n) is 3.58. The maximum absolute atomic E-state index is 12.6. The molecule has 1 aliphatic rings. The van der Waals surface area contributed by atoms with E-state index < -0.39 is 5.37 Å². The van der Waals surface area contributed by atoms with Crippen LogP contribution in [0, 0.1) is 13.8 Å². The predicted octanol–water partition coefficient (Wildman–Crippen LogP) is 5.42. The van der Waals surface area contributed by atoms with Gasteiger partial charge in [0, 0.05) is 24.8 Å². The van der Waals surface area contributed by atoms with Crippen LogP contribution in [0.25, 0.3) is 10.9 Å². The normalized spacial score (nSPS) is 15.8. The lowest BCUT2D eigenvalue weighted by atomic mass is 10.1. The predicted molar refractivity (Wildman–Crippen MR) is 126 cm³/mol. The van der Waals surface area contributed by atoms with E-state index in [-0.39, 0.29) is 11.8 Å². The Labute approximate surface area is 189 Å². The maximum Gasteiger partial charge on any atom is 0.241 e. The van der Waals surface area contributed by atoms with Crippen LogP contribution in [-0.4, -0.2) is 27.0 Å². The van der Waals surface area contributed by atoms with Crippen molar-refractivity contribution in [3.63, 3.8) is 0 Å². The van der Waals surface area contributed by atoms with Crippen molar-refractivity contribution < 1.29 is 9.59 Å². The number of hydrazone groups is 1. The van der Waals surface area contributed by atoms with E-state index in [0.29, 0.717) is 15.9 Å². The number of para-hydroxylation sites is 2. The van der Waals surface area contributed by atoms with Gasteiger partial charge in [-0.3, -0.25) is 14.5 Å². The third-order valence-corrected chi connectivity index (χ3v) is 6.57. The quantitative estimate of drug-likeness (QED) is 0.487. The van der Waals surface area contributed by atoms with Crippen LogP contribution >= 0.6 is 23.4 Å². The van der Waals surface area contributed by atoms with Crippen LogP contribution in [0.2, 0.25) is 5.15 Å². The van der Waals surface area contributed by atoms with Gasteiger partial charge in [0.25, 0.3) is 0 Å². The molecular weight excluding hydrogens is 432 g/mol. The van der Waals surface area contributed by atoms with Gasteiger partial charge in [-0.2, -0.15) is 0 Å². The van der Waals surface area contributed by atoms with Gasteiger partial charge in [0.1, 0.15) is 10.5 Å². The van der Waals surface area contributed by atoms with Gasteiger partial charge in [-0.1, -0.05) is 59.8 Å². The van der Waals surface area contributed by atoms with Crippen molar-refractivity contribution >= 4 is 56.9 Å². The summed E-state index contributed by atoms with van der Waals surface area (Å²) in [6.07, 6.45) is 0. The maximum atomic E-state index is 12.6. The number of aryl methyl sites for hydroxylation is 2. The largest absolute Gasteiger partial charge is 0.274 e. The van der Waals surface area contributed by atoms with Crippen LogP contribution in [0.5, 0.6) is 0 Å². The number of thioether (sulfide) groups is 1. The summed E-state index contributed by atoms with van der Waals surface area (Å²) in [4.78, 5) is 31.1. The lowest BCUT2D eigenvalue weighted by Crippen LogP contribution is -2.33. The second-order valence-electron chi connectivity index (χ2n) is 7.37. The van der Waals surface area contributed by atoms with Crippen molar-refractivity contribution in [2.45, 2.75) is 33.1 Å². The summed E-state index contributed by atoms with van der Waals surface area (Å²) in [5.74, 6) is -0.441. The van der Waals surface area contributed by atoms with Crippen molar-refractivity contribution in [1.29, 1.82) is 0 Å². The molecule has 0 radical (unpaired) electrons. The molecule has 2 heterocycles. The minimum atomic E-state index is -0.525. The molecule has 2 aromatic carbocycles. The van der Waals surface area contributed by atoms with E-state index in [2.05, 4.69) is 10.1 Å². The topological polar surface area (TPSA) is 65.9 Å². The number of rotatable bonds is 2. The highest BCUT2D eigenvalue weighted by atomic mass is 35.5. The summed E-state index contributed by atoms with van der Waals surface area (Å²) in [5.41, 5.74) is 4.17. The number of nitrogens with zero attached hydrogens (tertiary/aromatic N) is 4. The molecule has 1 aliphatic heterocycles. The molecule has 0 fully saturated rings. The first-order valence-corrected chi connectivity index (χ1v) is 11.0. The van der Waals surface area contributed by atoms with Crippen LogP contribution < -0.4 is 4.90 Å². The third kappa shape index (κ3) is 3.91. The summed E-state index contributed by atoms with van der Waals surface area (Å²) in [6, 6.07) is 15.4. The molecule has 2 amide bonds. The van der Waals surface area contributed by atoms with Gasteiger partial charge in [-0.15, -0.1) is 5.10 Å². The van der Waals surface area contributed by atoms with Crippen molar-refractivity contribution in [2.24, 2.45) is 5.10 Å². The first-order chi connectivity index (χ1) is 14.8. The molecule has 6 nitrogen and oxygen atoms in total. The van der Waals surface area contributed by atoms with Crippen LogP contribution in [0.15, 0.2) is 53.6 Å². The Morgan fingerprint density at radius 3 is 2.45 bits per heavy atom. The molecule has 8 heteroatoms. The molecule has 0 N–H and O–H groups in total. The SMILES string of the molecule is CC(=O)N(C1=NN(C(C)=O)C(c2cc3cccc(C)c3nc2Cl)S1)c1ccccc1C. The molecule has 0 saturated carbocycles. The molecule has 1 unspecified atom stereocenters. The van der Waals surface area contributed by atoms with Crippen molar-refractivity contribution in [3.05, 3.63) is 70.4 Å². The number of halogens is 1. The van der Waals surface area contributed by atoms with Gasteiger partial charge in [0.05, 0.1) is 11.2 Å². The van der Waals surface area contributed by atoms with Crippen molar-refractivity contribution in [1.82, 2.24) is 9.99 Å². The summed E-state index contributed by atoms with van der Waals surface area (Å²) in [5, 5.41) is 7.00. The number of hydrogen-bond donors (Lipinski definition) is 0. The number of hydrogen-bond acceptors (Lipinski definition) is 5. The third-order valence-electron chi connectivity index (χ3n) is 5.11. The number of benzene rings is 2. The molecule has 4 rings (SSSR count). The average Bonchev–Trinajstić information content (AvgIpc) is 3.14. The zero-order chi connectivity index (χ0) is 22.3. The standard InChI is InChI=1S/C23H21ClN4O2S/c1-13-8-5-6-11-19(13)27(15(3)29)23-26-28(16(4)30)22(31-23)18-12-17-10-7-9-14(2)20(17)25-21(18)24/h5-12,22H,1-4H3. The van der Waals surface area contributed by atoms with Gasteiger partial charge in [0.15, 0.2) is 5.17 Å². The Kier molecular flexibility index (Phi) is 5.73. The molecule has 3 aromatic rings. The highest BCUT2D eigenvalue weighted by Crippen LogP contribution is 2.44. The Morgan fingerprint density at radius 1 is 1.06 bits per heavy atom. The van der Waals surface area contributed by atoms with E-state index in [9.17, 15) is 9.59 Å².